The molecule has 1 amide bonds. The van der Waals surface area contributed by atoms with Crippen molar-refractivity contribution in [1.82, 2.24) is 10.4 Å². The fraction of sp³-hybridized carbons (Fsp3) is 0.625. The Morgan fingerprint density at radius 3 is 2.83 bits per heavy atom. The molecule has 4 nitrogen and oxygen atoms in total. The molecule has 4 heteroatoms. The first-order valence-corrected chi connectivity index (χ1v) is 4.23. The zero-order valence-electron chi connectivity index (χ0n) is 6.88. The minimum Gasteiger partial charge on any atom is -0.339 e. The van der Waals surface area contributed by atoms with Gasteiger partial charge < -0.3 is 4.90 Å². The van der Waals surface area contributed by atoms with Gasteiger partial charge in [0.05, 0.1) is 5.57 Å². The highest BCUT2D eigenvalue weighted by Crippen LogP contribution is 2.12. The number of carbonyl (C=O) groups is 1. The van der Waals surface area contributed by atoms with Gasteiger partial charge in [-0.3, -0.25) is 15.1 Å². The van der Waals surface area contributed by atoms with E-state index in [0.29, 0.717) is 6.61 Å². The van der Waals surface area contributed by atoms with Gasteiger partial charge in [0.2, 0.25) is 0 Å². The summed E-state index contributed by atoms with van der Waals surface area (Å²) >= 11 is 0. The van der Waals surface area contributed by atoms with Crippen molar-refractivity contribution in [2.24, 2.45) is 0 Å². The molecule has 1 saturated heterocycles. The largest absolute Gasteiger partial charge is 0.339 e. The predicted molar refractivity (Wildman–Crippen MR) is 43.0 cm³/mol. The summed E-state index contributed by atoms with van der Waals surface area (Å²) in [4.78, 5) is 18.3. The van der Waals surface area contributed by atoms with E-state index in [1.54, 1.807) is 6.20 Å². The molecule has 1 fully saturated rings. The SMILES string of the molecule is O=C(C1=CNOC1)N1CCCC1. The second-order valence-electron chi connectivity index (χ2n) is 3.08. The van der Waals surface area contributed by atoms with Crippen LogP contribution in [0, 0.1) is 0 Å². The molecule has 66 valence electrons. The van der Waals surface area contributed by atoms with E-state index in [-0.39, 0.29) is 5.91 Å². The number of amides is 1. The van der Waals surface area contributed by atoms with Gasteiger partial charge in [0.1, 0.15) is 6.61 Å². The lowest BCUT2D eigenvalue weighted by Crippen LogP contribution is -2.29. The molecule has 1 N–H and O–H groups in total. The molecule has 0 aliphatic carbocycles. The summed E-state index contributed by atoms with van der Waals surface area (Å²) in [6.07, 6.45) is 3.90. The monoisotopic (exact) mass is 168 g/mol. The van der Waals surface area contributed by atoms with Crippen molar-refractivity contribution in [3.8, 4) is 0 Å². The number of hydrogen-bond acceptors (Lipinski definition) is 3. The molecule has 0 aromatic heterocycles. The second kappa shape index (κ2) is 3.15. The summed E-state index contributed by atoms with van der Waals surface area (Å²) in [6, 6.07) is 0. The highest BCUT2D eigenvalue weighted by atomic mass is 16.6. The Bertz CT molecular complexity index is 219. The number of hydrogen-bond donors (Lipinski definition) is 1. The molecule has 0 aromatic rings. The smallest absolute Gasteiger partial charge is 0.253 e. The van der Waals surface area contributed by atoms with Gasteiger partial charge in [-0.05, 0) is 12.8 Å². The van der Waals surface area contributed by atoms with Gasteiger partial charge in [-0.2, -0.15) is 0 Å². The zero-order chi connectivity index (χ0) is 8.39. The van der Waals surface area contributed by atoms with Crippen LogP contribution in [-0.4, -0.2) is 30.5 Å². The van der Waals surface area contributed by atoms with Gasteiger partial charge in [0.15, 0.2) is 0 Å². The van der Waals surface area contributed by atoms with Crippen LogP contribution in [0.5, 0.6) is 0 Å². The molecule has 0 atom stereocenters. The van der Waals surface area contributed by atoms with Gasteiger partial charge in [-0.15, -0.1) is 0 Å². The maximum atomic E-state index is 11.6. The molecule has 0 saturated carbocycles. The number of hydroxylamine groups is 1. The van der Waals surface area contributed by atoms with Crippen LogP contribution in [-0.2, 0) is 9.63 Å². The third-order valence-corrected chi connectivity index (χ3v) is 2.21. The summed E-state index contributed by atoms with van der Waals surface area (Å²) in [6.45, 7) is 2.20. The summed E-state index contributed by atoms with van der Waals surface area (Å²) < 4.78 is 0. The highest BCUT2D eigenvalue weighted by Gasteiger charge is 2.23. The Morgan fingerprint density at radius 1 is 1.50 bits per heavy atom. The lowest BCUT2D eigenvalue weighted by Gasteiger charge is -2.14. The second-order valence-corrected chi connectivity index (χ2v) is 3.08. The number of carbonyl (C=O) groups excluding carboxylic acids is 1. The fourth-order valence-corrected chi connectivity index (χ4v) is 1.52. The average molecular weight is 168 g/mol. The molecule has 0 spiro atoms. The first-order valence-electron chi connectivity index (χ1n) is 4.23. The summed E-state index contributed by atoms with van der Waals surface area (Å²) in [5, 5.41) is 0. The van der Waals surface area contributed by atoms with E-state index in [0.717, 1.165) is 31.5 Å². The van der Waals surface area contributed by atoms with E-state index in [4.69, 9.17) is 4.84 Å². The van der Waals surface area contributed by atoms with E-state index >= 15 is 0 Å². The lowest BCUT2D eigenvalue weighted by molar-refractivity contribution is -0.126. The fourth-order valence-electron chi connectivity index (χ4n) is 1.52. The molecule has 2 heterocycles. The van der Waals surface area contributed by atoms with E-state index in [1.165, 1.54) is 0 Å². The standard InChI is InChI=1S/C8H12N2O2/c11-8(7-5-9-12-6-7)10-3-1-2-4-10/h5,9H,1-4,6H2. The minimum absolute atomic E-state index is 0.123. The first-order chi connectivity index (χ1) is 5.88. The Kier molecular flexibility index (Phi) is 1.99. The molecule has 0 radical (unpaired) electrons. The van der Waals surface area contributed by atoms with Crippen molar-refractivity contribution >= 4 is 5.91 Å². The van der Waals surface area contributed by atoms with Gasteiger partial charge >= 0.3 is 0 Å². The summed E-state index contributed by atoms with van der Waals surface area (Å²) in [7, 11) is 0. The summed E-state index contributed by atoms with van der Waals surface area (Å²) in [5.74, 6) is 0.123. The third kappa shape index (κ3) is 1.30. The Balaban J connectivity index is 1.98. The molecule has 0 unspecified atom stereocenters. The highest BCUT2D eigenvalue weighted by molar-refractivity contribution is 5.94. The first kappa shape index (κ1) is 7.61. The maximum Gasteiger partial charge on any atom is 0.253 e. The normalized spacial score (nSPS) is 22.3. The van der Waals surface area contributed by atoms with Gasteiger partial charge in [0, 0.05) is 19.3 Å². The molecule has 2 rings (SSSR count). The zero-order valence-corrected chi connectivity index (χ0v) is 6.88. The average Bonchev–Trinajstić information content (AvgIpc) is 2.77. The third-order valence-electron chi connectivity index (χ3n) is 2.21. The van der Waals surface area contributed by atoms with Crippen molar-refractivity contribution in [3.05, 3.63) is 11.8 Å². The predicted octanol–water partition coefficient (Wildman–Crippen LogP) is 0.0275. The Hall–Kier alpha value is -1.03. The van der Waals surface area contributed by atoms with Crippen LogP contribution >= 0.6 is 0 Å². The van der Waals surface area contributed by atoms with Crippen molar-refractivity contribution in [2.45, 2.75) is 12.8 Å². The van der Waals surface area contributed by atoms with Crippen molar-refractivity contribution < 1.29 is 9.63 Å². The van der Waals surface area contributed by atoms with Crippen LogP contribution in [0.1, 0.15) is 12.8 Å². The minimum atomic E-state index is 0.123. The molecule has 0 aromatic carbocycles. The van der Waals surface area contributed by atoms with Crippen LogP contribution in [0.3, 0.4) is 0 Å². The van der Waals surface area contributed by atoms with Crippen molar-refractivity contribution in [1.29, 1.82) is 0 Å². The van der Waals surface area contributed by atoms with Crippen LogP contribution < -0.4 is 5.48 Å². The van der Waals surface area contributed by atoms with E-state index < -0.39 is 0 Å². The van der Waals surface area contributed by atoms with Crippen molar-refractivity contribution in [2.75, 3.05) is 19.7 Å². The molecular weight excluding hydrogens is 156 g/mol. The van der Waals surface area contributed by atoms with Crippen LogP contribution in [0.15, 0.2) is 11.8 Å². The van der Waals surface area contributed by atoms with Gasteiger partial charge in [0.25, 0.3) is 5.91 Å². The maximum absolute atomic E-state index is 11.6. The number of nitrogens with zero attached hydrogens (tertiary/aromatic N) is 1. The van der Waals surface area contributed by atoms with E-state index in [2.05, 4.69) is 5.48 Å². The van der Waals surface area contributed by atoms with Crippen LogP contribution in [0.25, 0.3) is 0 Å². The molecule has 2 aliphatic rings. The Labute approximate surface area is 71.1 Å². The van der Waals surface area contributed by atoms with Crippen LogP contribution in [0.2, 0.25) is 0 Å². The molecule has 12 heavy (non-hydrogen) atoms. The van der Waals surface area contributed by atoms with Gasteiger partial charge in [-0.1, -0.05) is 0 Å². The lowest BCUT2D eigenvalue weighted by atomic mass is 10.3. The quantitative estimate of drug-likeness (QED) is 0.600. The van der Waals surface area contributed by atoms with E-state index in [1.807, 2.05) is 4.90 Å². The molecule has 2 aliphatic heterocycles. The van der Waals surface area contributed by atoms with E-state index in [9.17, 15) is 4.79 Å². The number of likely N-dealkylation sites (tertiary alicyclic amines) is 1. The Morgan fingerprint density at radius 2 is 2.25 bits per heavy atom. The van der Waals surface area contributed by atoms with Gasteiger partial charge in [-0.25, -0.2) is 0 Å². The molecular formula is C8H12N2O2. The summed E-state index contributed by atoms with van der Waals surface area (Å²) in [5.41, 5.74) is 3.30. The number of rotatable bonds is 1. The number of nitrogens with one attached hydrogen (secondary N) is 1. The van der Waals surface area contributed by atoms with Crippen molar-refractivity contribution in [3.63, 3.8) is 0 Å². The topological polar surface area (TPSA) is 41.6 Å². The van der Waals surface area contributed by atoms with Crippen LogP contribution in [0.4, 0.5) is 0 Å². The molecule has 0 bridgehead atoms.